The Bertz CT molecular complexity index is 625. The molecule has 21 heavy (non-hydrogen) atoms. The predicted octanol–water partition coefficient (Wildman–Crippen LogP) is 4.77. The van der Waals surface area contributed by atoms with E-state index in [1.807, 2.05) is 42.5 Å². The van der Waals surface area contributed by atoms with Crippen LogP contribution in [0, 0.1) is 5.41 Å². The predicted molar refractivity (Wildman–Crippen MR) is 93.1 cm³/mol. The van der Waals surface area contributed by atoms with E-state index in [4.69, 9.17) is 0 Å². The molecule has 2 aromatic carbocycles. The zero-order valence-corrected chi connectivity index (χ0v) is 14.4. The minimum Gasteiger partial charge on any atom is -0.351 e. The molecule has 112 valence electrons. The van der Waals surface area contributed by atoms with Gasteiger partial charge < -0.3 is 5.32 Å². The van der Waals surface area contributed by atoms with Crippen LogP contribution in [-0.4, -0.2) is 17.3 Å². The lowest BCUT2D eigenvalue weighted by Gasteiger charge is -2.22. The molecule has 2 aromatic rings. The molecule has 0 saturated heterocycles. The zero-order valence-electron chi connectivity index (χ0n) is 12.8. The van der Waals surface area contributed by atoms with Crippen LogP contribution in [-0.2, 0) is 0 Å². The van der Waals surface area contributed by atoms with Gasteiger partial charge in [-0.1, -0.05) is 73.1 Å². The maximum Gasteiger partial charge on any atom is 0.251 e. The summed E-state index contributed by atoms with van der Waals surface area (Å²) in [6.45, 7) is 7.24. The second-order valence-electron chi connectivity index (χ2n) is 6.60. The number of amides is 1. The van der Waals surface area contributed by atoms with Gasteiger partial charge in [-0.25, -0.2) is 0 Å². The van der Waals surface area contributed by atoms with E-state index in [1.165, 1.54) is 0 Å². The van der Waals surface area contributed by atoms with E-state index < -0.39 is 0 Å². The van der Waals surface area contributed by atoms with Crippen LogP contribution in [0.5, 0.6) is 0 Å². The molecular formula is C18H22BrNO. The van der Waals surface area contributed by atoms with Gasteiger partial charge in [-0.15, -0.1) is 0 Å². The summed E-state index contributed by atoms with van der Waals surface area (Å²) in [4.78, 5) is 12.7. The van der Waals surface area contributed by atoms with Crippen molar-refractivity contribution in [1.29, 1.82) is 0 Å². The van der Waals surface area contributed by atoms with Gasteiger partial charge in [-0.3, -0.25) is 4.79 Å². The number of carbonyl (C=O) groups is 1. The highest BCUT2D eigenvalue weighted by Gasteiger charge is 2.17. The van der Waals surface area contributed by atoms with Crippen molar-refractivity contribution in [3.8, 4) is 0 Å². The molecule has 2 nitrogen and oxygen atoms in total. The molecule has 0 radical (unpaired) electrons. The van der Waals surface area contributed by atoms with Crippen molar-refractivity contribution in [3.05, 3.63) is 48.0 Å². The van der Waals surface area contributed by atoms with Gasteiger partial charge in [0.1, 0.15) is 0 Å². The second kappa shape index (κ2) is 6.61. The Labute approximate surface area is 135 Å². The Kier molecular flexibility index (Phi) is 5.04. The van der Waals surface area contributed by atoms with Crippen molar-refractivity contribution >= 4 is 32.6 Å². The van der Waals surface area contributed by atoms with Crippen LogP contribution < -0.4 is 5.32 Å². The van der Waals surface area contributed by atoms with E-state index in [0.29, 0.717) is 6.54 Å². The number of hydrogen-bond acceptors (Lipinski definition) is 1. The van der Waals surface area contributed by atoms with Crippen molar-refractivity contribution in [3.63, 3.8) is 0 Å². The molecule has 0 fully saturated rings. The summed E-state index contributed by atoms with van der Waals surface area (Å²) >= 11 is 3.65. The number of alkyl halides is 1. The quantitative estimate of drug-likeness (QED) is 0.793. The lowest BCUT2D eigenvalue weighted by molar-refractivity contribution is 0.0954. The Morgan fingerprint density at radius 1 is 1.14 bits per heavy atom. The molecule has 0 aliphatic rings. The summed E-state index contributed by atoms with van der Waals surface area (Å²) in [6, 6.07) is 13.8. The molecule has 1 amide bonds. The number of fused-ring (bicyclic) bond motifs is 1. The second-order valence-corrected chi connectivity index (χ2v) is 7.89. The molecule has 1 N–H and O–H groups in total. The van der Waals surface area contributed by atoms with E-state index in [9.17, 15) is 4.79 Å². The van der Waals surface area contributed by atoms with Crippen LogP contribution in [0.3, 0.4) is 0 Å². The molecule has 0 spiro atoms. The summed E-state index contributed by atoms with van der Waals surface area (Å²) in [5.41, 5.74) is 0.988. The average molecular weight is 348 g/mol. The smallest absolute Gasteiger partial charge is 0.251 e. The molecule has 0 bridgehead atoms. The first kappa shape index (κ1) is 16.0. The Morgan fingerprint density at radius 2 is 1.81 bits per heavy atom. The van der Waals surface area contributed by atoms with Crippen molar-refractivity contribution in [1.82, 2.24) is 5.32 Å². The van der Waals surface area contributed by atoms with Crippen molar-refractivity contribution in [2.24, 2.45) is 5.41 Å². The molecule has 1 atom stereocenters. The van der Waals surface area contributed by atoms with Crippen LogP contribution in [0.2, 0.25) is 0 Å². The first-order valence-corrected chi connectivity index (χ1v) is 8.18. The van der Waals surface area contributed by atoms with Crippen LogP contribution in [0.1, 0.15) is 37.6 Å². The summed E-state index contributed by atoms with van der Waals surface area (Å²) in [7, 11) is 0. The fraction of sp³-hybridized carbons (Fsp3) is 0.389. The van der Waals surface area contributed by atoms with Gasteiger partial charge in [0, 0.05) is 16.9 Å². The van der Waals surface area contributed by atoms with Gasteiger partial charge >= 0.3 is 0 Å². The highest BCUT2D eigenvalue weighted by molar-refractivity contribution is 9.09. The number of nitrogens with one attached hydrogen (secondary N) is 1. The molecule has 0 saturated carbocycles. The topological polar surface area (TPSA) is 29.1 Å². The monoisotopic (exact) mass is 347 g/mol. The van der Waals surface area contributed by atoms with E-state index in [-0.39, 0.29) is 16.1 Å². The lowest BCUT2D eigenvalue weighted by atomic mass is 9.90. The normalized spacial score (nSPS) is 13.1. The summed E-state index contributed by atoms with van der Waals surface area (Å²) in [5.74, 6) is -0.00911. The Morgan fingerprint density at radius 3 is 2.52 bits per heavy atom. The number of carbonyl (C=O) groups excluding carboxylic acids is 1. The molecule has 0 aromatic heterocycles. The third kappa shape index (κ3) is 4.57. The molecule has 0 aliphatic heterocycles. The molecule has 1 unspecified atom stereocenters. The summed E-state index contributed by atoms with van der Waals surface area (Å²) < 4.78 is 0. The summed E-state index contributed by atoms with van der Waals surface area (Å²) in [5, 5.41) is 5.12. The fourth-order valence-electron chi connectivity index (χ4n) is 2.46. The maximum absolute atomic E-state index is 12.4. The van der Waals surface area contributed by atoms with Crippen molar-refractivity contribution in [2.75, 3.05) is 6.54 Å². The standard InChI is InChI=1S/C18H22BrNO/c1-18(2,3)11-14(19)12-20-17(21)16-10-6-8-13-7-4-5-9-15(13)16/h4-10,14H,11-12H2,1-3H3,(H,20,21). The van der Waals surface area contributed by atoms with Crippen LogP contribution in [0.4, 0.5) is 0 Å². The Hall–Kier alpha value is -1.35. The van der Waals surface area contributed by atoms with Gasteiger partial charge in [0.25, 0.3) is 5.91 Å². The first-order valence-electron chi connectivity index (χ1n) is 7.27. The number of rotatable bonds is 4. The molecule has 3 heteroatoms. The SMILES string of the molecule is CC(C)(C)CC(Br)CNC(=O)c1cccc2ccccc12. The van der Waals surface area contributed by atoms with Gasteiger partial charge in [0.15, 0.2) is 0 Å². The zero-order chi connectivity index (χ0) is 15.5. The van der Waals surface area contributed by atoms with Crippen LogP contribution in [0.25, 0.3) is 10.8 Å². The third-order valence-corrected chi connectivity index (χ3v) is 4.00. The van der Waals surface area contributed by atoms with Crippen molar-refractivity contribution < 1.29 is 4.79 Å². The number of halogens is 1. The molecular weight excluding hydrogens is 326 g/mol. The van der Waals surface area contributed by atoms with E-state index >= 15 is 0 Å². The van der Waals surface area contributed by atoms with E-state index in [2.05, 4.69) is 42.0 Å². The van der Waals surface area contributed by atoms with Gasteiger partial charge in [0.2, 0.25) is 0 Å². The van der Waals surface area contributed by atoms with E-state index in [1.54, 1.807) is 0 Å². The lowest BCUT2D eigenvalue weighted by Crippen LogP contribution is -2.31. The van der Waals surface area contributed by atoms with Crippen LogP contribution >= 0.6 is 15.9 Å². The third-order valence-electron chi connectivity index (χ3n) is 3.35. The molecule has 2 rings (SSSR count). The van der Waals surface area contributed by atoms with Crippen molar-refractivity contribution in [2.45, 2.75) is 32.0 Å². The average Bonchev–Trinajstić information content (AvgIpc) is 2.42. The first-order chi connectivity index (χ1) is 9.87. The Balaban J connectivity index is 2.06. The van der Waals surface area contributed by atoms with Gasteiger partial charge in [-0.2, -0.15) is 0 Å². The molecule has 0 heterocycles. The van der Waals surface area contributed by atoms with Crippen LogP contribution in [0.15, 0.2) is 42.5 Å². The van der Waals surface area contributed by atoms with Gasteiger partial charge in [0.05, 0.1) is 0 Å². The maximum atomic E-state index is 12.4. The highest BCUT2D eigenvalue weighted by atomic mass is 79.9. The summed E-state index contributed by atoms with van der Waals surface area (Å²) in [6.07, 6.45) is 1.02. The molecule has 0 aliphatic carbocycles. The minimum absolute atomic E-state index is 0.00911. The van der Waals surface area contributed by atoms with E-state index in [0.717, 1.165) is 22.8 Å². The highest BCUT2D eigenvalue weighted by Crippen LogP contribution is 2.24. The minimum atomic E-state index is -0.00911. The van der Waals surface area contributed by atoms with Gasteiger partial charge in [-0.05, 0) is 28.7 Å². The largest absolute Gasteiger partial charge is 0.351 e. The fourth-order valence-corrected chi connectivity index (χ4v) is 3.59. The number of benzene rings is 2. The number of hydrogen-bond donors (Lipinski definition) is 1.